The summed E-state index contributed by atoms with van der Waals surface area (Å²) in [7, 11) is -0.555. The molecule has 108 valence electrons. The fourth-order valence-electron chi connectivity index (χ4n) is 1.38. The van der Waals surface area contributed by atoms with E-state index in [-0.39, 0.29) is 4.90 Å². The molecule has 0 saturated carbocycles. The molecule has 0 fully saturated rings. The predicted molar refractivity (Wildman–Crippen MR) is 76.5 cm³/mol. The monoisotopic (exact) mass is 287 g/mol. The van der Waals surface area contributed by atoms with Gasteiger partial charge in [0.05, 0.1) is 21.9 Å². The van der Waals surface area contributed by atoms with E-state index in [1.807, 2.05) is 0 Å². The van der Waals surface area contributed by atoms with Crippen LogP contribution >= 0.6 is 0 Å². The number of hydrogen-bond donors (Lipinski definition) is 3. The normalized spacial score (nSPS) is 12.7. The highest BCUT2D eigenvalue weighted by Crippen LogP contribution is 2.24. The highest BCUT2D eigenvalue weighted by Gasteiger charge is 2.18. The van der Waals surface area contributed by atoms with Crippen molar-refractivity contribution in [2.45, 2.75) is 24.3 Å². The van der Waals surface area contributed by atoms with E-state index >= 15 is 0 Å². The molecule has 0 bridgehead atoms. The minimum Gasteiger partial charge on any atom is -0.397 e. The Balaban J connectivity index is 2.99. The van der Waals surface area contributed by atoms with E-state index in [1.54, 1.807) is 19.9 Å². The maximum Gasteiger partial charge on any atom is 0.242 e. The molecule has 0 aromatic heterocycles. The average molecular weight is 287 g/mol. The summed E-state index contributed by atoms with van der Waals surface area (Å²) in [4.78, 5) is 0.142. The van der Waals surface area contributed by atoms with Crippen molar-refractivity contribution in [2.75, 3.05) is 31.7 Å². The summed E-state index contributed by atoms with van der Waals surface area (Å²) in [6.45, 7) is 3.65. The van der Waals surface area contributed by atoms with Gasteiger partial charge in [0.25, 0.3) is 0 Å². The van der Waals surface area contributed by atoms with Gasteiger partial charge in [-0.1, -0.05) is 0 Å². The molecule has 1 aromatic carbocycles. The quantitative estimate of drug-likeness (QED) is 0.693. The largest absolute Gasteiger partial charge is 0.397 e. The molecule has 1 aromatic rings. The van der Waals surface area contributed by atoms with E-state index in [0.29, 0.717) is 17.9 Å². The Labute approximate surface area is 114 Å². The molecule has 0 heterocycles. The molecular formula is C12H21N3O3S. The zero-order valence-electron chi connectivity index (χ0n) is 11.6. The Morgan fingerprint density at radius 1 is 1.37 bits per heavy atom. The number of aliphatic hydroxyl groups is 1. The van der Waals surface area contributed by atoms with Crippen LogP contribution in [0.1, 0.15) is 13.8 Å². The fourth-order valence-corrected chi connectivity index (χ4v) is 2.32. The number of benzene rings is 1. The lowest BCUT2D eigenvalue weighted by molar-refractivity contribution is 0.0945. The lowest BCUT2D eigenvalue weighted by atomic mass is 10.1. The molecule has 0 aliphatic heterocycles. The van der Waals surface area contributed by atoms with Gasteiger partial charge >= 0.3 is 0 Å². The first-order valence-corrected chi connectivity index (χ1v) is 7.26. The molecule has 0 unspecified atom stereocenters. The van der Waals surface area contributed by atoms with E-state index < -0.39 is 15.6 Å². The van der Waals surface area contributed by atoms with Gasteiger partial charge in [-0.25, -0.2) is 12.7 Å². The molecule has 0 spiro atoms. The topological polar surface area (TPSA) is 95.7 Å². The SMILES string of the molecule is CN(C)S(=O)(=O)c1ccc(NCC(C)(C)O)c(N)c1. The van der Waals surface area contributed by atoms with Gasteiger partial charge in [0.2, 0.25) is 10.0 Å². The molecule has 0 amide bonds. The van der Waals surface area contributed by atoms with Crippen molar-refractivity contribution in [3.8, 4) is 0 Å². The second-order valence-corrected chi connectivity index (χ2v) is 7.35. The van der Waals surface area contributed by atoms with Crippen LogP contribution in [0.25, 0.3) is 0 Å². The molecule has 1 rings (SSSR count). The van der Waals surface area contributed by atoms with Gasteiger partial charge in [0.15, 0.2) is 0 Å². The lowest BCUT2D eigenvalue weighted by Gasteiger charge is -2.20. The van der Waals surface area contributed by atoms with Crippen molar-refractivity contribution < 1.29 is 13.5 Å². The standard InChI is InChI=1S/C12H21N3O3S/c1-12(2,16)8-14-11-6-5-9(7-10(11)13)19(17,18)15(3)4/h5-7,14,16H,8,13H2,1-4H3. The van der Waals surface area contributed by atoms with Crippen LogP contribution in [0, 0.1) is 0 Å². The Kier molecular flexibility index (Phi) is 4.44. The molecule has 0 saturated heterocycles. The van der Waals surface area contributed by atoms with Crippen LogP contribution in [0.15, 0.2) is 23.1 Å². The van der Waals surface area contributed by atoms with Crippen LogP contribution in [-0.4, -0.2) is 44.1 Å². The van der Waals surface area contributed by atoms with Crippen molar-refractivity contribution in [3.63, 3.8) is 0 Å². The van der Waals surface area contributed by atoms with Gasteiger partial charge in [0, 0.05) is 20.6 Å². The van der Waals surface area contributed by atoms with E-state index in [4.69, 9.17) is 5.73 Å². The highest BCUT2D eigenvalue weighted by molar-refractivity contribution is 7.89. The third-order valence-electron chi connectivity index (χ3n) is 2.51. The first-order chi connectivity index (χ1) is 8.54. The summed E-state index contributed by atoms with van der Waals surface area (Å²) in [6, 6.07) is 4.48. The Hall–Kier alpha value is -1.31. The number of nitrogens with one attached hydrogen (secondary N) is 1. The number of rotatable bonds is 5. The highest BCUT2D eigenvalue weighted by atomic mass is 32.2. The fraction of sp³-hybridized carbons (Fsp3) is 0.500. The van der Waals surface area contributed by atoms with Gasteiger partial charge in [-0.05, 0) is 32.0 Å². The average Bonchev–Trinajstić information content (AvgIpc) is 2.25. The number of nitrogen functional groups attached to an aromatic ring is 1. The Morgan fingerprint density at radius 2 is 1.95 bits per heavy atom. The van der Waals surface area contributed by atoms with Crippen LogP contribution in [-0.2, 0) is 10.0 Å². The molecule has 0 aliphatic carbocycles. The van der Waals surface area contributed by atoms with Crippen LogP contribution in [0.3, 0.4) is 0 Å². The van der Waals surface area contributed by atoms with Gasteiger partial charge in [0.1, 0.15) is 0 Å². The van der Waals surface area contributed by atoms with Crippen molar-refractivity contribution in [1.82, 2.24) is 4.31 Å². The summed E-state index contributed by atoms with van der Waals surface area (Å²) in [6.07, 6.45) is 0. The van der Waals surface area contributed by atoms with Crippen molar-refractivity contribution >= 4 is 21.4 Å². The second kappa shape index (κ2) is 5.36. The van der Waals surface area contributed by atoms with Gasteiger partial charge < -0.3 is 16.2 Å². The van der Waals surface area contributed by atoms with Gasteiger partial charge in [-0.2, -0.15) is 0 Å². The van der Waals surface area contributed by atoms with Gasteiger partial charge in [-0.15, -0.1) is 0 Å². The van der Waals surface area contributed by atoms with E-state index in [1.165, 1.54) is 26.2 Å². The third kappa shape index (κ3) is 4.09. The molecule has 0 atom stereocenters. The molecule has 0 radical (unpaired) electrons. The Morgan fingerprint density at radius 3 is 2.37 bits per heavy atom. The third-order valence-corrected chi connectivity index (χ3v) is 4.32. The summed E-state index contributed by atoms with van der Waals surface area (Å²) < 4.78 is 25.0. The predicted octanol–water partition coefficient (Wildman–Crippen LogP) is 0.702. The molecule has 0 aliphatic rings. The first-order valence-electron chi connectivity index (χ1n) is 5.82. The number of sulfonamides is 1. The number of nitrogens with two attached hydrogens (primary N) is 1. The van der Waals surface area contributed by atoms with E-state index in [0.717, 1.165) is 4.31 Å². The summed E-state index contributed by atoms with van der Waals surface area (Å²) >= 11 is 0. The van der Waals surface area contributed by atoms with Crippen LogP contribution in [0.4, 0.5) is 11.4 Å². The smallest absolute Gasteiger partial charge is 0.242 e. The van der Waals surface area contributed by atoms with E-state index in [9.17, 15) is 13.5 Å². The number of nitrogens with zero attached hydrogens (tertiary/aromatic N) is 1. The maximum atomic E-state index is 11.9. The molecule has 7 heteroatoms. The van der Waals surface area contributed by atoms with Crippen LogP contribution in [0.2, 0.25) is 0 Å². The zero-order chi connectivity index (χ0) is 14.8. The van der Waals surface area contributed by atoms with Crippen molar-refractivity contribution in [3.05, 3.63) is 18.2 Å². The molecule has 19 heavy (non-hydrogen) atoms. The van der Waals surface area contributed by atoms with Crippen molar-refractivity contribution in [1.29, 1.82) is 0 Å². The summed E-state index contributed by atoms with van der Waals surface area (Å²) in [5.41, 5.74) is 5.87. The zero-order valence-corrected chi connectivity index (χ0v) is 12.5. The number of anilines is 2. The van der Waals surface area contributed by atoms with Gasteiger partial charge in [-0.3, -0.25) is 0 Å². The molecule has 6 nitrogen and oxygen atoms in total. The minimum atomic E-state index is -3.48. The van der Waals surface area contributed by atoms with E-state index in [2.05, 4.69) is 5.32 Å². The van der Waals surface area contributed by atoms with Crippen LogP contribution in [0.5, 0.6) is 0 Å². The number of hydrogen-bond acceptors (Lipinski definition) is 5. The van der Waals surface area contributed by atoms with Crippen LogP contribution < -0.4 is 11.1 Å². The first kappa shape index (κ1) is 15.7. The lowest BCUT2D eigenvalue weighted by Crippen LogP contribution is -2.29. The summed E-state index contributed by atoms with van der Waals surface area (Å²) in [5.74, 6) is 0. The maximum absolute atomic E-state index is 11.9. The second-order valence-electron chi connectivity index (χ2n) is 5.20. The van der Waals surface area contributed by atoms with Crippen molar-refractivity contribution in [2.24, 2.45) is 0 Å². The Bertz CT molecular complexity index is 548. The minimum absolute atomic E-state index is 0.142. The molecular weight excluding hydrogens is 266 g/mol. The summed E-state index contributed by atoms with van der Waals surface area (Å²) in [5, 5.41) is 12.6. The molecule has 4 N–H and O–H groups in total.